The molecule has 2 nitrogen and oxygen atoms in total. The maximum atomic E-state index is 9.24. The van der Waals surface area contributed by atoms with E-state index in [0.29, 0.717) is 5.75 Å². The molecule has 0 aliphatic heterocycles. The van der Waals surface area contributed by atoms with Gasteiger partial charge in [0.05, 0.1) is 0 Å². The molecule has 3 aromatic carbocycles. The lowest BCUT2D eigenvalue weighted by atomic mass is 10.1. The molecule has 0 bridgehead atoms. The number of benzene rings is 3. The van der Waals surface area contributed by atoms with Gasteiger partial charge < -0.3 is 9.84 Å². The van der Waals surface area contributed by atoms with Crippen LogP contribution in [-0.4, -0.2) is 5.11 Å². The van der Waals surface area contributed by atoms with Crippen LogP contribution in [-0.2, 0) is 0 Å². The molecule has 0 unspecified atom stereocenters. The molecule has 21 heavy (non-hydrogen) atoms. The van der Waals surface area contributed by atoms with Crippen LogP contribution in [0.15, 0.2) is 72.8 Å². The summed E-state index contributed by atoms with van der Waals surface area (Å²) >= 11 is 5.89. The fourth-order valence-corrected chi connectivity index (χ4v) is 2.13. The van der Waals surface area contributed by atoms with Crippen molar-refractivity contribution in [3.05, 3.63) is 77.8 Å². The first-order valence-corrected chi connectivity index (χ1v) is 6.91. The van der Waals surface area contributed by atoms with E-state index >= 15 is 0 Å². The molecule has 0 amide bonds. The summed E-state index contributed by atoms with van der Waals surface area (Å²) in [6.07, 6.45) is 0. The fourth-order valence-electron chi connectivity index (χ4n) is 2.01. The molecule has 0 aliphatic carbocycles. The maximum Gasteiger partial charge on any atom is 0.127 e. The third-order valence-electron chi connectivity index (χ3n) is 3.10. The lowest BCUT2D eigenvalue weighted by Gasteiger charge is -2.07. The predicted octanol–water partition coefficient (Wildman–Crippen LogP) is 5.50. The summed E-state index contributed by atoms with van der Waals surface area (Å²) in [5.41, 5.74) is 2.21. The fraction of sp³-hybridized carbons (Fsp3) is 0. The number of phenolic OH excluding ortho intramolecular Hbond substituents is 1. The second kappa shape index (κ2) is 5.90. The van der Waals surface area contributed by atoms with E-state index in [9.17, 15) is 5.11 Å². The highest BCUT2D eigenvalue weighted by atomic mass is 35.5. The highest BCUT2D eigenvalue weighted by molar-refractivity contribution is 6.30. The number of hydrogen-bond acceptors (Lipinski definition) is 2. The molecule has 0 atom stereocenters. The van der Waals surface area contributed by atoms with Gasteiger partial charge in [-0.3, -0.25) is 0 Å². The van der Waals surface area contributed by atoms with Gasteiger partial charge in [-0.05, 0) is 59.7 Å². The molecule has 0 aromatic heterocycles. The normalized spacial score (nSPS) is 10.3. The molecule has 3 aromatic rings. The predicted molar refractivity (Wildman–Crippen MR) is 85.1 cm³/mol. The van der Waals surface area contributed by atoms with Gasteiger partial charge in [-0.15, -0.1) is 0 Å². The quantitative estimate of drug-likeness (QED) is 0.691. The van der Waals surface area contributed by atoms with Gasteiger partial charge in [0.15, 0.2) is 0 Å². The number of aromatic hydroxyl groups is 1. The Morgan fingerprint density at radius 3 is 1.57 bits per heavy atom. The molecule has 0 saturated heterocycles. The second-order valence-electron chi connectivity index (χ2n) is 4.63. The lowest BCUT2D eigenvalue weighted by Crippen LogP contribution is -1.84. The van der Waals surface area contributed by atoms with E-state index in [-0.39, 0.29) is 5.75 Å². The van der Waals surface area contributed by atoms with Crippen LogP contribution in [0.2, 0.25) is 5.02 Å². The number of halogens is 1. The molecular weight excluding hydrogens is 284 g/mol. The average Bonchev–Trinajstić information content (AvgIpc) is 2.51. The zero-order chi connectivity index (χ0) is 14.7. The van der Waals surface area contributed by atoms with Crippen LogP contribution in [0.4, 0.5) is 0 Å². The second-order valence-corrected chi connectivity index (χ2v) is 5.06. The number of rotatable bonds is 3. The van der Waals surface area contributed by atoms with Crippen molar-refractivity contribution in [2.45, 2.75) is 0 Å². The van der Waals surface area contributed by atoms with Crippen LogP contribution < -0.4 is 4.74 Å². The Balaban J connectivity index is 1.77. The highest BCUT2D eigenvalue weighted by Crippen LogP contribution is 2.27. The number of phenols is 1. The molecule has 0 fully saturated rings. The Labute approximate surface area is 128 Å². The van der Waals surface area contributed by atoms with Crippen LogP contribution in [0.25, 0.3) is 11.1 Å². The van der Waals surface area contributed by atoms with Gasteiger partial charge in [0, 0.05) is 5.02 Å². The van der Waals surface area contributed by atoms with Crippen molar-refractivity contribution >= 4 is 11.6 Å². The Morgan fingerprint density at radius 1 is 0.619 bits per heavy atom. The van der Waals surface area contributed by atoms with E-state index in [1.54, 1.807) is 24.3 Å². The van der Waals surface area contributed by atoms with E-state index in [1.807, 2.05) is 48.5 Å². The van der Waals surface area contributed by atoms with E-state index in [1.165, 1.54) is 0 Å². The minimum atomic E-state index is 0.223. The van der Waals surface area contributed by atoms with E-state index in [0.717, 1.165) is 21.9 Å². The summed E-state index contributed by atoms with van der Waals surface area (Å²) in [5.74, 6) is 1.66. The van der Waals surface area contributed by atoms with Crippen LogP contribution in [0.3, 0.4) is 0 Å². The van der Waals surface area contributed by atoms with E-state index < -0.39 is 0 Å². The summed E-state index contributed by atoms with van der Waals surface area (Å²) in [6.45, 7) is 0. The summed E-state index contributed by atoms with van der Waals surface area (Å²) in [7, 11) is 0. The zero-order valence-electron chi connectivity index (χ0n) is 11.2. The monoisotopic (exact) mass is 296 g/mol. The third kappa shape index (κ3) is 3.36. The molecule has 0 spiro atoms. The third-order valence-corrected chi connectivity index (χ3v) is 3.36. The van der Waals surface area contributed by atoms with Crippen molar-refractivity contribution in [1.82, 2.24) is 0 Å². The Morgan fingerprint density at radius 2 is 1.05 bits per heavy atom. The topological polar surface area (TPSA) is 29.5 Å². The molecule has 0 aliphatic rings. The maximum absolute atomic E-state index is 9.24. The first kappa shape index (κ1) is 13.5. The SMILES string of the molecule is Oc1ccc(Oc2ccc(-c3ccc(Cl)cc3)cc2)cc1. The average molecular weight is 297 g/mol. The molecule has 0 saturated carbocycles. The van der Waals surface area contributed by atoms with Crippen molar-refractivity contribution in [2.24, 2.45) is 0 Å². The molecule has 1 N–H and O–H groups in total. The molecule has 104 valence electrons. The summed E-state index contributed by atoms with van der Waals surface area (Å²) in [6, 6.07) is 22.2. The van der Waals surface area contributed by atoms with Crippen LogP contribution in [0, 0.1) is 0 Å². The summed E-state index contributed by atoms with van der Waals surface area (Å²) in [5, 5.41) is 9.97. The van der Waals surface area contributed by atoms with Gasteiger partial charge in [0.25, 0.3) is 0 Å². The minimum Gasteiger partial charge on any atom is -0.508 e. The van der Waals surface area contributed by atoms with Crippen molar-refractivity contribution < 1.29 is 9.84 Å². The number of ether oxygens (including phenoxy) is 1. The van der Waals surface area contributed by atoms with E-state index in [2.05, 4.69) is 0 Å². The molecule has 3 rings (SSSR count). The number of hydrogen-bond donors (Lipinski definition) is 1. The van der Waals surface area contributed by atoms with Crippen molar-refractivity contribution in [2.75, 3.05) is 0 Å². The Kier molecular flexibility index (Phi) is 3.80. The summed E-state index contributed by atoms with van der Waals surface area (Å²) < 4.78 is 5.71. The minimum absolute atomic E-state index is 0.223. The van der Waals surface area contributed by atoms with Gasteiger partial charge in [0.2, 0.25) is 0 Å². The molecule has 0 radical (unpaired) electrons. The summed E-state index contributed by atoms with van der Waals surface area (Å²) in [4.78, 5) is 0. The largest absolute Gasteiger partial charge is 0.508 e. The molecular formula is C18H13ClO2. The van der Waals surface area contributed by atoms with Crippen LogP contribution in [0.1, 0.15) is 0 Å². The van der Waals surface area contributed by atoms with Crippen LogP contribution in [0.5, 0.6) is 17.2 Å². The van der Waals surface area contributed by atoms with Crippen LogP contribution >= 0.6 is 11.6 Å². The standard InChI is InChI=1S/C18H13ClO2/c19-15-5-1-13(2-6-15)14-3-9-17(10-4-14)21-18-11-7-16(20)8-12-18/h1-12,20H. The highest BCUT2D eigenvalue weighted by Gasteiger charge is 2.00. The van der Waals surface area contributed by atoms with Crippen molar-refractivity contribution in [3.8, 4) is 28.4 Å². The zero-order valence-corrected chi connectivity index (χ0v) is 11.9. The van der Waals surface area contributed by atoms with Gasteiger partial charge >= 0.3 is 0 Å². The lowest BCUT2D eigenvalue weighted by molar-refractivity contribution is 0.464. The van der Waals surface area contributed by atoms with Gasteiger partial charge in [-0.1, -0.05) is 35.9 Å². The van der Waals surface area contributed by atoms with Gasteiger partial charge in [-0.2, -0.15) is 0 Å². The smallest absolute Gasteiger partial charge is 0.127 e. The van der Waals surface area contributed by atoms with Gasteiger partial charge in [-0.25, -0.2) is 0 Å². The molecule has 0 heterocycles. The first-order chi connectivity index (χ1) is 10.2. The van der Waals surface area contributed by atoms with Crippen molar-refractivity contribution in [3.63, 3.8) is 0 Å². The molecule has 3 heteroatoms. The first-order valence-electron chi connectivity index (χ1n) is 6.53. The Hall–Kier alpha value is -2.45. The van der Waals surface area contributed by atoms with E-state index in [4.69, 9.17) is 16.3 Å². The Bertz CT molecular complexity index is 717. The van der Waals surface area contributed by atoms with Gasteiger partial charge in [0.1, 0.15) is 17.2 Å². The van der Waals surface area contributed by atoms with Crippen molar-refractivity contribution in [1.29, 1.82) is 0 Å².